The Morgan fingerprint density at radius 3 is 2.65 bits per heavy atom. The summed E-state index contributed by atoms with van der Waals surface area (Å²) in [5.74, 6) is 0.106. The standard InChI is InChI=1S/C11H19N5O/c1-16(2)8-4-3-7-13-10-6-5-9(11(12)17)14-15-10/h5-6H,3-4,7-8H2,1-2H3,(H2,12,17)(H,13,15). The van der Waals surface area contributed by atoms with E-state index < -0.39 is 5.91 Å². The third kappa shape index (κ3) is 5.26. The summed E-state index contributed by atoms with van der Waals surface area (Å²) in [6.45, 7) is 1.92. The van der Waals surface area contributed by atoms with Crippen LogP contribution in [0.4, 0.5) is 5.82 Å². The summed E-state index contributed by atoms with van der Waals surface area (Å²) in [5.41, 5.74) is 5.25. The first-order valence-corrected chi connectivity index (χ1v) is 5.61. The number of carbonyl (C=O) groups excluding carboxylic acids is 1. The monoisotopic (exact) mass is 237 g/mol. The van der Waals surface area contributed by atoms with Crippen LogP contribution in [0.15, 0.2) is 12.1 Å². The number of primary amides is 1. The summed E-state index contributed by atoms with van der Waals surface area (Å²) in [5, 5.41) is 10.7. The molecule has 1 rings (SSSR count). The Kier molecular flexibility index (Phi) is 5.35. The molecule has 0 aliphatic carbocycles. The van der Waals surface area contributed by atoms with E-state index in [2.05, 4.69) is 34.5 Å². The molecule has 1 aromatic rings. The normalized spacial score (nSPS) is 10.5. The van der Waals surface area contributed by atoms with Crippen molar-refractivity contribution in [2.75, 3.05) is 32.5 Å². The molecule has 0 saturated heterocycles. The van der Waals surface area contributed by atoms with Gasteiger partial charge in [-0.3, -0.25) is 4.79 Å². The summed E-state index contributed by atoms with van der Waals surface area (Å²) in [7, 11) is 4.11. The molecule has 0 aliphatic heterocycles. The number of rotatable bonds is 7. The molecule has 0 aromatic carbocycles. The SMILES string of the molecule is CN(C)CCCCNc1ccc(C(N)=O)nn1. The van der Waals surface area contributed by atoms with Crippen molar-refractivity contribution in [3.8, 4) is 0 Å². The van der Waals surface area contributed by atoms with Crippen LogP contribution in [0.2, 0.25) is 0 Å². The molecule has 0 radical (unpaired) electrons. The highest BCUT2D eigenvalue weighted by atomic mass is 16.1. The van der Waals surface area contributed by atoms with Gasteiger partial charge < -0.3 is 16.0 Å². The Labute approximate surface area is 101 Å². The molecule has 1 heterocycles. The van der Waals surface area contributed by atoms with Crippen LogP contribution in [-0.2, 0) is 0 Å². The molecule has 0 fully saturated rings. The number of aromatic nitrogens is 2. The van der Waals surface area contributed by atoms with Crippen LogP contribution in [0.1, 0.15) is 23.3 Å². The smallest absolute Gasteiger partial charge is 0.269 e. The van der Waals surface area contributed by atoms with Crippen LogP contribution < -0.4 is 11.1 Å². The van der Waals surface area contributed by atoms with Gasteiger partial charge in [0.2, 0.25) is 0 Å². The second-order valence-corrected chi connectivity index (χ2v) is 4.11. The van der Waals surface area contributed by atoms with Gasteiger partial charge in [-0.15, -0.1) is 10.2 Å². The van der Waals surface area contributed by atoms with Crippen molar-refractivity contribution in [3.63, 3.8) is 0 Å². The average Bonchev–Trinajstić information content (AvgIpc) is 2.29. The van der Waals surface area contributed by atoms with Crippen molar-refractivity contribution >= 4 is 11.7 Å². The van der Waals surface area contributed by atoms with Gasteiger partial charge in [-0.1, -0.05) is 0 Å². The van der Waals surface area contributed by atoms with E-state index in [9.17, 15) is 4.79 Å². The fourth-order valence-electron chi connectivity index (χ4n) is 1.33. The minimum absolute atomic E-state index is 0.183. The predicted molar refractivity (Wildman–Crippen MR) is 66.8 cm³/mol. The lowest BCUT2D eigenvalue weighted by atomic mass is 10.3. The fraction of sp³-hybridized carbons (Fsp3) is 0.545. The Balaban J connectivity index is 2.25. The first-order chi connectivity index (χ1) is 8.09. The molecule has 0 unspecified atom stereocenters. The average molecular weight is 237 g/mol. The molecule has 0 aliphatic rings. The van der Waals surface area contributed by atoms with Crippen molar-refractivity contribution in [2.24, 2.45) is 5.73 Å². The van der Waals surface area contributed by atoms with Gasteiger partial charge in [0.25, 0.3) is 5.91 Å². The number of hydrogen-bond donors (Lipinski definition) is 2. The van der Waals surface area contributed by atoms with Crippen molar-refractivity contribution in [2.45, 2.75) is 12.8 Å². The number of unbranched alkanes of at least 4 members (excludes halogenated alkanes) is 1. The molecule has 0 spiro atoms. The maximum absolute atomic E-state index is 10.8. The quantitative estimate of drug-likeness (QED) is 0.668. The van der Waals surface area contributed by atoms with Crippen molar-refractivity contribution in [1.82, 2.24) is 15.1 Å². The van der Waals surface area contributed by atoms with Gasteiger partial charge in [0.05, 0.1) is 0 Å². The third-order valence-electron chi connectivity index (χ3n) is 2.26. The van der Waals surface area contributed by atoms with Crippen LogP contribution in [0.5, 0.6) is 0 Å². The van der Waals surface area contributed by atoms with Gasteiger partial charge in [0.1, 0.15) is 5.82 Å². The van der Waals surface area contributed by atoms with E-state index in [0.717, 1.165) is 25.9 Å². The molecule has 0 bridgehead atoms. The van der Waals surface area contributed by atoms with Gasteiger partial charge in [0, 0.05) is 6.54 Å². The molecule has 94 valence electrons. The molecule has 6 nitrogen and oxygen atoms in total. The van der Waals surface area contributed by atoms with Crippen molar-refractivity contribution in [3.05, 3.63) is 17.8 Å². The number of anilines is 1. The van der Waals surface area contributed by atoms with Crippen LogP contribution in [0.3, 0.4) is 0 Å². The topological polar surface area (TPSA) is 84.1 Å². The highest BCUT2D eigenvalue weighted by molar-refractivity contribution is 5.90. The Hall–Kier alpha value is -1.69. The van der Waals surface area contributed by atoms with Crippen LogP contribution >= 0.6 is 0 Å². The molecule has 0 atom stereocenters. The number of nitrogens with zero attached hydrogens (tertiary/aromatic N) is 3. The molecule has 6 heteroatoms. The summed E-state index contributed by atoms with van der Waals surface area (Å²) in [6, 6.07) is 3.27. The Morgan fingerprint density at radius 2 is 2.12 bits per heavy atom. The van der Waals surface area contributed by atoms with Gasteiger partial charge >= 0.3 is 0 Å². The lowest BCUT2D eigenvalue weighted by Crippen LogP contribution is -2.15. The van der Waals surface area contributed by atoms with E-state index in [1.165, 1.54) is 0 Å². The zero-order valence-corrected chi connectivity index (χ0v) is 10.3. The van der Waals surface area contributed by atoms with Gasteiger partial charge in [0.15, 0.2) is 5.69 Å². The number of carbonyl (C=O) groups is 1. The Morgan fingerprint density at radius 1 is 1.35 bits per heavy atom. The second kappa shape index (κ2) is 6.80. The molecule has 1 aromatic heterocycles. The molecule has 17 heavy (non-hydrogen) atoms. The zero-order chi connectivity index (χ0) is 12.7. The summed E-state index contributed by atoms with van der Waals surface area (Å²) in [6.07, 6.45) is 2.20. The Bertz CT molecular complexity index is 349. The minimum Gasteiger partial charge on any atom is -0.369 e. The number of nitrogens with two attached hydrogens (primary N) is 1. The second-order valence-electron chi connectivity index (χ2n) is 4.11. The highest BCUT2D eigenvalue weighted by Crippen LogP contribution is 2.02. The third-order valence-corrected chi connectivity index (χ3v) is 2.26. The largest absolute Gasteiger partial charge is 0.369 e. The molecular formula is C11H19N5O. The van der Waals surface area contributed by atoms with E-state index in [-0.39, 0.29) is 5.69 Å². The van der Waals surface area contributed by atoms with Gasteiger partial charge in [-0.2, -0.15) is 0 Å². The maximum atomic E-state index is 10.8. The minimum atomic E-state index is -0.560. The van der Waals surface area contributed by atoms with E-state index in [1.54, 1.807) is 12.1 Å². The van der Waals surface area contributed by atoms with Crippen molar-refractivity contribution in [1.29, 1.82) is 0 Å². The van der Waals surface area contributed by atoms with E-state index in [4.69, 9.17) is 5.73 Å². The molecule has 1 amide bonds. The summed E-state index contributed by atoms with van der Waals surface area (Å²) in [4.78, 5) is 12.9. The van der Waals surface area contributed by atoms with E-state index >= 15 is 0 Å². The van der Waals surface area contributed by atoms with E-state index in [1.807, 2.05) is 0 Å². The fourth-order valence-corrected chi connectivity index (χ4v) is 1.33. The van der Waals surface area contributed by atoms with Gasteiger partial charge in [-0.25, -0.2) is 0 Å². The summed E-state index contributed by atoms with van der Waals surface area (Å²) >= 11 is 0. The maximum Gasteiger partial charge on any atom is 0.269 e. The number of hydrogen-bond acceptors (Lipinski definition) is 5. The predicted octanol–water partition coefficient (Wildman–Crippen LogP) is 0.329. The van der Waals surface area contributed by atoms with Gasteiger partial charge in [-0.05, 0) is 45.6 Å². The van der Waals surface area contributed by atoms with Crippen molar-refractivity contribution < 1.29 is 4.79 Å². The number of amides is 1. The van der Waals surface area contributed by atoms with Crippen LogP contribution in [0.25, 0.3) is 0 Å². The molecule has 0 saturated carbocycles. The molecule has 3 N–H and O–H groups in total. The molecular weight excluding hydrogens is 218 g/mol. The highest BCUT2D eigenvalue weighted by Gasteiger charge is 2.02. The van der Waals surface area contributed by atoms with Crippen LogP contribution in [-0.4, -0.2) is 48.2 Å². The first-order valence-electron chi connectivity index (χ1n) is 5.61. The van der Waals surface area contributed by atoms with Crippen LogP contribution in [0, 0.1) is 0 Å². The zero-order valence-electron chi connectivity index (χ0n) is 10.3. The lowest BCUT2D eigenvalue weighted by Gasteiger charge is -2.09. The summed E-state index contributed by atoms with van der Waals surface area (Å²) < 4.78 is 0. The number of nitrogens with one attached hydrogen (secondary N) is 1. The lowest BCUT2D eigenvalue weighted by molar-refractivity contribution is 0.0994. The van der Waals surface area contributed by atoms with E-state index in [0.29, 0.717) is 5.82 Å². The first kappa shape index (κ1) is 13.4.